The first-order chi connectivity index (χ1) is 15.6. The minimum absolute atomic E-state index is 0.0395. The lowest BCUT2D eigenvalue weighted by molar-refractivity contribution is 0.271. The van der Waals surface area contributed by atoms with Gasteiger partial charge in [0.05, 0.1) is 30.4 Å². The number of aliphatic hydroxyl groups is 1. The number of nitrogens with zero attached hydrogens (tertiary/aromatic N) is 4. The van der Waals surface area contributed by atoms with E-state index in [0.717, 1.165) is 45.9 Å². The van der Waals surface area contributed by atoms with Crippen LogP contribution in [0.25, 0.3) is 22.4 Å². The third-order valence-corrected chi connectivity index (χ3v) is 5.55. The lowest BCUT2D eigenvalue weighted by Crippen LogP contribution is -2.23. The molecule has 166 valence electrons. The van der Waals surface area contributed by atoms with Gasteiger partial charge in [-0.3, -0.25) is 4.98 Å². The number of nitrogens with one attached hydrogen (secondary N) is 2. The van der Waals surface area contributed by atoms with Crippen molar-refractivity contribution in [2.75, 3.05) is 17.2 Å². The Morgan fingerprint density at radius 2 is 1.88 bits per heavy atom. The zero-order valence-electron chi connectivity index (χ0n) is 18.8. The van der Waals surface area contributed by atoms with E-state index < -0.39 is 0 Å². The summed E-state index contributed by atoms with van der Waals surface area (Å²) in [6.45, 7) is 6.99. The molecule has 0 spiro atoms. The molecule has 3 aromatic heterocycles. The van der Waals surface area contributed by atoms with Crippen molar-refractivity contribution >= 4 is 22.7 Å². The molecule has 7 heteroatoms. The van der Waals surface area contributed by atoms with Gasteiger partial charge >= 0.3 is 0 Å². The van der Waals surface area contributed by atoms with E-state index in [1.165, 1.54) is 0 Å². The zero-order valence-corrected chi connectivity index (χ0v) is 18.8. The van der Waals surface area contributed by atoms with Crippen molar-refractivity contribution in [2.45, 2.75) is 45.8 Å². The summed E-state index contributed by atoms with van der Waals surface area (Å²) in [6, 6.07) is 16.5. The summed E-state index contributed by atoms with van der Waals surface area (Å²) in [4.78, 5) is 13.8. The van der Waals surface area contributed by atoms with Crippen LogP contribution in [0.2, 0.25) is 0 Å². The molecule has 1 atom stereocenters. The minimum Gasteiger partial charge on any atom is -0.394 e. The number of anilines is 2. The molecule has 0 bridgehead atoms. The molecule has 0 aliphatic heterocycles. The Kier molecular flexibility index (Phi) is 6.66. The third kappa shape index (κ3) is 4.73. The van der Waals surface area contributed by atoms with E-state index in [1.807, 2.05) is 37.5 Å². The van der Waals surface area contributed by atoms with Crippen molar-refractivity contribution in [3.8, 4) is 11.3 Å². The lowest BCUT2D eigenvalue weighted by atomic mass is 10.1. The molecule has 0 saturated heterocycles. The topological polar surface area (TPSA) is 87.9 Å². The van der Waals surface area contributed by atoms with Crippen molar-refractivity contribution in [2.24, 2.45) is 0 Å². The quantitative estimate of drug-likeness (QED) is 0.351. The van der Waals surface area contributed by atoms with E-state index in [1.54, 1.807) is 6.20 Å². The van der Waals surface area contributed by atoms with E-state index in [4.69, 9.17) is 4.98 Å². The van der Waals surface area contributed by atoms with E-state index >= 15 is 0 Å². The van der Waals surface area contributed by atoms with Crippen LogP contribution < -0.4 is 10.6 Å². The fourth-order valence-electron chi connectivity index (χ4n) is 3.60. The van der Waals surface area contributed by atoms with Gasteiger partial charge in [0.25, 0.3) is 0 Å². The fraction of sp³-hybridized carbons (Fsp3) is 0.320. The average molecular weight is 431 g/mol. The van der Waals surface area contributed by atoms with Crippen molar-refractivity contribution in [1.29, 1.82) is 0 Å². The van der Waals surface area contributed by atoms with Crippen LogP contribution in [0, 0.1) is 0 Å². The summed E-state index contributed by atoms with van der Waals surface area (Å²) in [5, 5.41) is 16.5. The Bertz CT molecular complexity index is 1150. The molecule has 1 unspecified atom stereocenters. The number of aliphatic hydroxyl groups excluding tert-OH is 1. The molecule has 0 amide bonds. The van der Waals surface area contributed by atoms with Crippen LogP contribution >= 0.6 is 0 Å². The molecule has 7 nitrogen and oxygen atoms in total. The minimum atomic E-state index is -0.0395. The maximum absolute atomic E-state index is 9.60. The fourth-order valence-corrected chi connectivity index (χ4v) is 3.60. The molecule has 0 aliphatic carbocycles. The van der Waals surface area contributed by atoms with E-state index in [0.29, 0.717) is 6.54 Å². The zero-order chi connectivity index (χ0) is 22.5. The predicted octanol–water partition coefficient (Wildman–Crippen LogP) is 4.87. The molecule has 3 N–H and O–H groups in total. The first kappa shape index (κ1) is 21.8. The Balaban J connectivity index is 1.58. The number of hydrogen-bond acceptors (Lipinski definition) is 6. The highest BCUT2D eigenvalue weighted by Crippen LogP contribution is 2.27. The molecule has 4 rings (SSSR count). The highest BCUT2D eigenvalue weighted by atomic mass is 16.3. The first-order valence-corrected chi connectivity index (χ1v) is 11.1. The highest BCUT2D eigenvalue weighted by molar-refractivity contribution is 5.88. The lowest BCUT2D eigenvalue weighted by Gasteiger charge is -2.17. The van der Waals surface area contributed by atoms with Gasteiger partial charge in [0.15, 0.2) is 5.65 Å². The van der Waals surface area contributed by atoms with Crippen LogP contribution in [-0.4, -0.2) is 37.3 Å². The van der Waals surface area contributed by atoms with Gasteiger partial charge in [0.1, 0.15) is 11.3 Å². The Morgan fingerprint density at radius 1 is 1.06 bits per heavy atom. The largest absolute Gasteiger partial charge is 0.394 e. The maximum Gasteiger partial charge on any atom is 0.164 e. The van der Waals surface area contributed by atoms with E-state index in [-0.39, 0.29) is 18.7 Å². The standard InChI is InChI=1S/C25H30N6O/c1-4-20(15-32)29-23-13-22(24-25(30-23)31(16-28-24)17(2)3)27-14-18-8-10-19(11-9-18)21-7-5-6-12-26-21/h5-13,16-17,20,32H,4,14-15H2,1-3H3,(H2,27,29,30). The second kappa shape index (κ2) is 9.78. The van der Waals surface area contributed by atoms with Crippen molar-refractivity contribution in [3.05, 3.63) is 66.6 Å². The SMILES string of the molecule is CCC(CO)Nc1cc(NCc2ccc(-c3ccccn3)cc2)c2ncn(C(C)C)c2n1. The summed E-state index contributed by atoms with van der Waals surface area (Å²) in [6.07, 6.45) is 4.45. The molecule has 32 heavy (non-hydrogen) atoms. The number of imidazole rings is 1. The molecule has 1 aromatic carbocycles. The van der Waals surface area contributed by atoms with Gasteiger partial charge in [0.2, 0.25) is 0 Å². The normalized spacial score (nSPS) is 12.3. The second-order valence-corrected chi connectivity index (χ2v) is 8.17. The van der Waals surface area contributed by atoms with Crippen LogP contribution in [0.1, 0.15) is 38.8 Å². The van der Waals surface area contributed by atoms with Crippen LogP contribution in [-0.2, 0) is 6.54 Å². The summed E-state index contributed by atoms with van der Waals surface area (Å²) < 4.78 is 2.06. The summed E-state index contributed by atoms with van der Waals surface area (Å²) >= 11 is 0. The predicted molar refractivity (Wildman–Crippen MR) is 130 cm³/mol. The smallest absolute Gasteiger partial charge is 0.164 e. The van der Waals surface area contributed by atoms with Gasteiger partial charge in [-0.05, 0) is 38.0 Å². The van der Waals surface area contributed by atoms with Gasteiger partial charge in [-0.1, -0.05) is 37.3 Å². The summed E-state index contributed by atoms with van der Waals surface area (Å²) in [7, 11) is 0. The number of benzene rings is 1. The van der Waals surface area contributed by atoms with Crippen LogP contribution in [0.4, 0.5) is 11.5 Å². The molecule has 0 fully saturated rings. The monoisotopic (exact) mass is 430 g/mol. The number of rotatable bonds is 9. The molecule has 0 aliphatic rings. The van der Waals surface area contributed by atoms with Crippen LogP contribution in [0.5, 0.6) is 0 Å². The Labute approximate surface area is 188 Å². The molecule has 4 aromatic rings. The summed E-state index contributed by atoms with van der Waals surface area (Å²) in [5.74, 6) is 0.730. The third-order valence-electron chi connectivity index (χ3n) is 5.55. The molecule has 0 saturated carbocycles. The number of hydrogen-bond donors (Lipinski definition) is 3. The van der Waals surface area contributed by atoms with E-state index in [9.17, 15) is 5.11 Å². The number of aromatic nitrogens is 4. The maximum atomic E-state index is 9.60. The van der Waals surface area contributed by atoms with Crippen molar-refractivity contribution in [3.63, 3.8) is 0 Å². The highest BCUT2D eigenvalue weighted by Gasteiger charge is 2.15. The van der Waals surface area contributed by atoms with Crippen LogP contribution in [0.3, 0.4) is 0 Å². The Hall–Kier alpha value is -3.45. The average Bonchev–Trinajstić information content (AvgIpc) is 3.26. The molecular weight excluding hydrogens is 400 g/mol. The molecule has 0 radical (unpaired) electrons. The second-order valence-electron chi connectivity index (χ2n) is 8.17. The molecular formula is C25H30N6O. The Morgan fingerprint density at radius 3 is 2.53 bits per heavy atom. The van der Waals surface area contributed by atoms with Gasteiger partial charge in [-0.15, -0.1) is 0 Å². The van der Waals surface area contributed by atoms with Gasteiger partial charge in [-0.2, -0.15) is 0 Å². The number of pyridine rings is 2. The van der Waals surface area contributed by atoms with Crippen molar-refractivity contribution in [1.82, 2.24) is 19.5 Å². The van der Waals surface area contributed by atoms with Crippen molar-refractivity contribution < 1.29 is 5.11 Å². The van der Waals surface area contributed by atoms with Gasteiger partial charge in [-0.25, -0.2) is 9.97 Å². The molecule has 3 heterocycles. The van der Waals surface area contributed by atoms with Gasteiger partial charge in [0, 0.05) is 30.4 Å². The summed E-state index contributed by atoms with van der Waals surface area (Å²) in [5.41, 5.74) is 5.80. The number of fused-ring (bicyclic) bond motifs is 1. The van der Waals surface area contributed by atoms with E-state index in [2.05, 4.69) is 63.3 Å². The van der Waals surface area contributed by atoms with Crippen LogP contribution in [0.15, 0.2) is 61.1 Å². The van der Waals surface area contributed by atoms with Gasteiger partial charge < -0.3 is 20.3 Å². The first-order valence-electron chi connectivity index (χ1n) is 11.1.